The van der Waals surface area contributed by atoms with E-state index in [1.807, 2.05) is 0 Å². The molecule has 5 aromatic carbocycles. The molecule has 0 radical (unpaired) electrons. The predicted octanol–water partition coefficient (Wildman–Crippen LogP) is 7.85. The highest BCUT2D eigenvalue weighted by atomic mass is 79.9. The third-order valence-corrected chi connectivity index (χ3v) is 6.07. The normalized spacial score (nSPS) is 11.8. The van der Waals surface area contributed by atoms with Crippen LogP contribution in [-0.4, -0.2) is 4.57 Å². The van der Waals surface area contributed by atoms with Crippen LogP contribution in [0.5, 0.6) is 0 Å². The van der Waals surface area contributed by atoms with Crippen LogP contribution in [0.4, 0.5) is 0 Å². The van der Waals surface area contributed by atoms with E-state index in [1.165, 1.54) is 49.0 Å². The second-order valence-electron chi connectivity index (χ2n) is 7.24. The fourth-order valence-electron chi connectivity index (χ4n) is 4.29. The van der Waals surface area contributed by atoms with Crippen LogP contribution in [0.2, 0.25) is 0 Å². The maximum absolute atomic E-state index is 3.63. The summed E-state index contributed by atoms with van der Waals surface area (Å²) in [5.41, 5.74) is 3.65. The first kappa shape index (κ1) is 15.9. The topological polar surface area (TPSA) is 4.93 Å². The highest BCUT2D eigenvalue weighted by Crippen LogP contribution is 2.34. The summed E-state index contributed by atoms with van der Waals surface area (Å²) in [4.78, 5) is 0. The molecule has 0 bridgehead atoms. The fraction of sp³-hybridized carbons (Fsp3) is 0. The average molecular weight is 422 g/mol. The van der Waals surface area contributed by atoms with Crippen LogP contribution >= 0.6 is 15.9 Å². The van der Waals surface area contributed by atoms with Crippen molar-refractivity contribution < 1.29 is 0 Å². The van der Waals surface area contributed by atoms with Crippen LogP contribution < -0.4 is 0 Å². The molecule has 28 heavy (non-hydrogen) atoms. The first-order chi connectivity index (χ1) is 13.8. The molecule has 0 atom stereocenters. The summed E-state index contributed by atoms with van der Waals surface area (Å²) in [6.45, 7) is 0. The lowest BCUT2D eigenvalue weighted by molar-refractivity contribution is 1.19. The largest absolute Gasteiger partial charge is 0.309 e. The molecule has 0 unspecified atom stereocenters. The van der Waals surface area contributed by atoms with E-state index >= 15 is 0 Å². The molecular weight excluding hydrogens is 406 g/mol. The zero-order valence-corrected chi connectivity index (χ0v) is 16.6. The predicted molar refractivity (Wildman–Crippen MR) is 123 cm³/mol. The van der Waals surface area contributed by atoms with Crippen molar-refractivity contribution in [3.63, 3.8) is 0 Å². The number of halogens is 1. The second-order valence-corrected chi connectivity index (χ2v) is 8.16. The molecule has 0 spiro atoms. The molecule has 0 aliphatic rings. The van der Waals surface area contributed by atoms with Crippen LogP contribution in [0.15, 0.2) is 102 Å². The van der Waals surface area contributed by atoms with E-state index in [9.17, 15) is 0 Å². The first-order valence-corrected chi connectivity index (χ1v) is 10.2. The minimum Gasteiger partial charge on any atom is -0.309 e. The van der Waals surface area contributed by atoms with Gasteiger partial charge in [0.15, 0.2) is 0 Å². The monoisotopic (exact) mass is 421 g/mol. The van der Waals surface area contributed by atoms with E-state index < -0.39 is 0 Å². The molecule has 0 saturated heterocycles. The number of nitrogens with zero attached hydrogens (tertiary/aromatic N) is 1. The van der Waals surface area contributed by atoms with Crippen molar-refractivity contribution in [3.05, 3.63) is 102 Å². The summed E-state index contributed by atoms with van der Waals surface area (Å²) >= 11 is 3.63. The second kappa shape index (κ2) is 5.95. The summed E-state index contributed by atoms with van der Waals surface area (Å²) < 4.78 is 3.47. The van der Waals surface area contributed by atoms with Crippen molar-refractivity contribution in [3.8, 4) is 5.69 Å². The average Bonchev–Trinajstić information content (AvgIpc) is 3.05. The highest BCUT2D eigenvalue weighted by Gasteiger charge is 2.12. The molecule has 0 saturated carbocycles. The van der Waals surface area contributed by atoms with Gasteiger partial charge < -0.3 is 4.57 Å². The molecular formula is C26H16BrN. The Bertz CT molecular complexity index is 1520. The SMILES string of the molecule is Brc1ccc2c(c1)c1ccccc1n2-c1ccc2cc3ccccc3cc2c1. The van der Waals surface area contributed by atoms with Crippen molar-refractivity contribution >= 4 is 59.3 Å². The molecule has 1 aromatic heterocycles. The molecule has 0 aliphatic heterocycles. The van der Waals surface area contributed by atoms with Crippen molar-refractivity contribution in [1.82, 2.24) is 4.57 Å². The number of rotatable bonds is 1. The molecule has 1 nitrogen and oxygen atoms in total. The number of fused-ring (bicyclic) bond motifs is 5. The molecule has 132 valence electrons. The summed E-state index contributed by atoms with van der Waals surface area (Å²) in [5.74, 6) is 0. The van der Waals surface area contributed by atoms with E-state index in [1.54, 1.807) is 0 Å². The van der Waals surface area contributed by atoms with Crippen LogP contribution in [0, 0.1) is 0 Å². The Kier molecular flexibility index (Phi) is 3.38. The van der Waals surface area contributed by atoms with Gasteiger partial charge >= 0.3 is 0 Å². The van der Waals surface area contributed by atoms with Gasteiger partial charge in [-0.1, -0.05) is 64.5 Å². The lowest BCUT2D eigenvalue weighted by Crippen LogP contribution is -1.93. The van der Waals surface area contributed by atoms with Gasteiger partial charge in [0.05, 0.1) is 11.0 Å². The van der Waals surface area contributed by atoms with E-state index in [0.29, 0.717) is 0 Å². The van der Waals surface area contributed by atoms with E-state index in [-0.39, 0.29) is 0 Å². The lowest BCUT2D eigenvalue weighted by atomic mass is 10.0. The van der Waals surface area contributed by atoms with Gasteiger partial charge in [0.2, 0.25) is 0 Å². The summed E-state index contributed by atoms with van der Waals surface area (Å²) in [5, 5.41) is 7.63. The van der Waals surface area contributed by atoms with Crippen molar-refractivity contribution in [2.24, 2.45) is 0 Å². The number of benzene rings is 5. The third kappa shape index (κ3) is 2.31. The van der Waals surface area contributed by atoms with Crippen LogP contribution in [0.3, 0.4) is 0 Å². The zero-order chi connectivity index (χ0) is 18.7. The van der Waals surface area contributed by atoms with E-state index in [4.69, 9.17) is 0 Å². The van der Waals surface area contributed by atoms with Crippen LogP contribution in [-0.2, 0) is 0 Å². The number of hydrogen-bond acceptors (Lipinski definition) is 0. The molecule has 6 aromatic rings. The van der Waals surface area contributed by atoms with Crippen LogP contribution in [0.1, 0.15) is 0 Å². The van der Waals surface area contributed by atoms with Gasteiger partial charge in [-0.05, 0) is 70.1 Å². The summed E-state index contributed by atoms with van der Waals surface area (Å²) in [6.07, 6.45) is 0. The zero-order valence-electron chi connectivity index (χ0n) is 15.1. The fourth-order valence-corrected chi connectivity index (χ4v) is 4.65. The van der Waals surface area contributed by atoms with Gasteiger partial charge in [-0.25, -0.2) is 0 Å². The van der Waals surface area contributed by atoms with Crippen molar-refractivity contribution in [1.29, 1.82) is 0 Å². The third-order valence-electron chi connectivity index (χ3n) is 5.58. The molecule has 6 rings (SSSR count). The molecule has 0 aliphatic carbocycles. The van der Waals surface area contributed by atoms with Gasteiger partial charge in [-0.2, -0.15) is 0 Å². The van der Waals surface area contributed by atoms with Crippen molar-refractivity contribution in [2.75, 3.05) is 0 Å². The Morgan fingerprint density at radius 2 is 1.18 bits per heavy atom. The Morgan fingerprint density at radius 3 is 2.04 bits per heavy atom. The highest BCUT2D eigenvalue weighted by molar-refractivity contribution is 9.10. The molecule has 0 fully saturated rings. The van der Waals surface area contributed by atoms with Crippen molar-refractivity contribution in [2.45, 2.75) is 0 Å². The maximum atomic E-state index is 3.63. The molecule has 0 amide bonds. The standard InChI is InChI=1S/C26H16BrN/c27-21-10-12-26-24(16-21)23-7-3-4-8-25(23)28(26)22-11-9-19-13-17-5-1-2-6-18(17)14-20(19)15-22/h1-16H. The van der Waals surface area contributed by atoms with Crippen LogP contribution in [0.25, 0.3) is 49.0 Å². The quantitative estimate of drug-likeness (QED) is 0.238. The number of para-hydroxylation sites is 1. The lowest BCUT2D eigenvalue weighted by Gasteiger charge is -2.10. The number of hydrogen-bond donors (Lipinski definition) is 0. The summed E-state index contributed by atoms with van der Waals surface area (Å²) in [7, 11) is 0. The maximum Gasteiger partial charge on any atom is 0.0541 e. The van der Waals surface area contributed by atoms with Gasteiger partial charge in [0.25, 0.3) is 0 Å². The molecule has 1 heterocycles. The smallest absolute Gasteiger partial charge is 0.0541 e. The first-order valence-electron chi connectivity index (χ1n) is 9.40. The van der Waals surface area contributed by atoms with Gasteiger partial charge in [-0.15, -0.1) is 0 Å². The minimum atomic E-state index is 1.10. The Balaban J connectivity index is 1.70. The summed E-state index contributed by atoms with van der Waals surface area (Å²) in [6, 6.07) is 35.0. The van der Waals surface area contributed by atoms with E-state index in [2.05, 4.69) is 118 Å². The Morgan fingerprint density at radius 1 is 0.500 bits per heavy atom. The Labute approximate surface area is 171 Å². The van der Waals surface area contributed by atoms with Gasteiger partial charge in [0.1, 0.15) is 0 Å². The van der Waals surface area contributed by atoms with E-state index in [0.717, 1.165) is 4.47 Å². The number of aromatic nitrogens is 1. The Hall–Kier alpha value is -3.10. The molecule has 0 N–H and O–H groups in total. The van der Waals surface area contributed by atoms with Gasteiger partial charge in [-0.3, -0.25) is 0 Å². The molecule has 2 heteroatoms. The minimum absolute atomic E-state index is 1.10. The van der Waals surface area contributed by atoms with Gasteiger partial charge in [0, 0.05) is 20.9 Å².